The second kappa shape index (κ2) is 5.45. The Bertz CT molecular complexity index is 305. The van der Waals surface area contributed by atoms with Gasteiger partial charge in [0.2, 0.25) is 11.8 Å². The zero-order valence-electron chi connectivity index (χ0n) is 9.36. The summed E-state index contributed by atoms with van der Waals surface area (Å²) in [6, 6.07) is -0.308. The Morgan fingerprint density at radius 2 is 2.19 bits per heavy atom. The maximum atomic E-state index is 11.4. The van der Waals surface area contributed by atoms with Crippen LogP contribution in [0.4, 0.5) is 4.79 Å². The number of hydrogen-bond donors (Lipinski definition) is 1. The molecule has 0 aromatic rings. The highest BCUT2D eigenvalue weighted by Gasteiger charge is 2.32. The van der Waals surface area contributed by atoms with Crippen molar-refractivity contribution in [1.82, 2.24) is 15.3 Å². The van der Waals surface area contributed by atoms with E-state index in [1.54, 1.807) is 7.05 Å². The summed E-state index contributed by atoms with van der Waals surface area (Å²) in [7, 11) is 2.91. The van der Waals surface area contributed by atoms with Crippen LogP contribution in [0, 0.1) is 0 Å². The molecule has 7 nitrogen and oxygen atoms in total. The first-order valence-electron chi connectivity index (χ1n) is 4.93. The van der Waals surface area contributed by atoms with Crippen LogP contribution in [0.5, 0.6) is 0 Å². The fourth-order valence-electron chi connectivity index (χ4n) is 1.45. The highest BCUT2D eigenvalue weighted by Crippen LogP contribution is 2.08. The van der Waals surface area contributed by atoms with Crippen LogP contribution in [0.25, 0.3) is 0 Å². The Morgan fingerprint density at radius 3 is 2.69 bits per heavy atom. The Hall–Kier alpha value is -1.63. The Balaban J connectivity index is 2.30. The molecule has 0 aliphatic carbocycles. The lowest BCUT2D eigenvalue weighted by molar-refractivity contribution is -0.132. The van der Waals surface area contributed by atoms with Gasteiger partial charge in [-0.3, -0.25) is 19.3 Å². The summed E-state index contributed by atoms with van der Waals surface area (Å²) in [4.78, 5) is 40.7. The lowest BCUT2D eigenvalue weighted by Crippen LogP contribution is -2.33. The van der Waals surface area contributed by atoms with Crippen LogP contribution in [-0.2, 0) is 14.4 Å². The molecular formula is C9H15N3O4. The van der Waals surface area contributed by atoms with Gasteiger partial charge in [0.05, 0.1) is 7.11 Å². The average molecular weight is 229 g/mol. The van der Waals surface area contributed by atoms with Crippen LogP contribution in [-0.4, -0.2) is 54.9 Å². The van der Waals surface area contributed by atoms with Crippen LogP contribution < -0.4 is 5.48 Å². The Kier molecular flexibility index (Phi) is 4.24. The third-order valence-corrected chi connectivity index (χ3v) is 2.23. The summed E-state index contributed by atoms with van der Waals surface area (Å²) in [5.41, 5.74) is 2.16. The first-order valence-corrected chi connectivity index (χ1v) is 4.93. The molecule has 4 amide bonds. The highest BCUT2D eigenvalue weighted by atomic mass is 16.6. The summed E-state index contributed by atoms with van der Waals surface area (Å²) in [6.45, 7) is 0.377. The van der Waals surface area contributed by atoms with Crippen LogP contribution in [0.3, 0.4) is 0 Å². The molecular weight excluding hydrogens is 214 g/mol. The number of carbonyl (C=O) groups is 3. The van der Waals surface area contributed by atoms with E-state index in [9.17, 15) is 14.4 Å². The normalized spacial score (nSPS) is 15.9. The van der Waals surface area contributed by atoms with Crippen molar-refractivity contribution < 1.29 is 19.2 Å². The van der Waals surface area contributed by atoms with Crippen molar-refractivity contribution in [3.05, 3.63) is 0 Å². The van der Waals surface area contributed by atoms with E-state index in [0.717, 1.165) is 4.90 Å². The minimum absolute atomic E-state index is 0.114. The number of hydrogen-bond acceptors (Lipinski definition) is 4. The van der Waals surface area contributed by atoms with Gasteiger partial charge in [0.1, 0.15) is 6.54 Å². The van der Waals surface area contributed by atoms with Gasteiger partial charge in [-0.2, -0.15) is 0 Å². The van der Waals surface area contributed by atoms with E-state index in [1.165, 1.54) is 12.0 Å². The minimum atomic E-state index is -0.308. The van der Waals surface area contributed by atoms with Crippen LogP contribution in [0.1, 0.15) is 12.8 Å². The van der Waals surface area contributed by atoms with E-state index in [0.29, 0.717) is 6.42 Å². The number of rotatable bonds is 5. The van der Waals surface area contributed by atoms with Crippen LogP contribution in [0.15, 0.2) is 0 Å². The van der Waals surface area contributed by atoms with E-state index < -0.39 is 0 Å². The Labute approximate surface area is 93.3 Å². The molecule has 1 aliphatic rings. The molecule has 1 heterocycles. The van der Waals surface area contributed by atoms with Crippen LogP contribution in [0.2, 0.25) is 0 Å². The van der Waals surface area contributed by atoms with Crippen molar-refractivity contribution >= 4 is 17.8 Å². The summed E-state index contributed by atoms with van der Waals surface area (Å²) in [5, 5.41) is 0. The van der Waals surface area contributed by atoms with E-state index in [2.05, 4.69) is 10.3 Å². The second-order valence-corrected chi connectivity index (χ2v) is 3.52. The number of carbonyl (C=O) groups excluding carboxylic acids is 3. The monoisotopic (exact) mass is 229 g/mol. The van der Waals surface area contributed by atoms with Gasteiger partial charge in [0.25, 0.3) is 0 Å². The maximum absolute atomic E-state index is 11.4. The van der Waals surface area contributed by atoms with E-state index >= 15 is 0 Å². The molecule has 0 bridgehead atoms. The smallest absolute Gasteiger partial charge is 0.318 e. The first-order chi connectivity index (χ1) is 7.56. The quantitative estimate of drug-likeness (QED) is 0.501. The third kappa shape index (κ3) is 2.93. The molecule has 90 valence electrons. The van der Waals surface area contributed by atoms with Gasteiger partial charge in [0, 0.05) is 20.0 Å². The fraction of sp³-hybridized carbons (Fsp3) is 0.667. The number of likely N-dealkylation sites (N-methyl/N-ethyl adjacent to an activating group) is 1. The first kappa shape index (κ1) is 12.4. The fourth-order valence-corrected chi connectivity index (χ4v) is 1.45. The van der Waals surface area contributed by atoms with Gasteiger partial charge in [-0.05, 0) is 6.42 Å². The van der Waals surface area contributed by atoms with E-state index in [4.69, 9.17) is 0 Å². The minimum Gasteiger partial charge on any atom is -0.318 e. The molecule has 1 saturated heterocycles. The number of nitrogens with zero attached hydrogens (tertiary/aromatic N) is 2. The summed E-state index contributed by atoms with van der Waals surface area (Å²) < 4.78 is 0. The molecule has 16 heavy (non-hydrogen) atoms. The maximum Gasteiger partial charge on any atom is 0.326 e. The SMILES string of the molecule is CONC(=O)CCCN1C(=O)CN(C)C1=O. The zero-order chi connectivity index (χ0) is 12.1. The summed E-state index contributed by atoms with van der Waals surface area (Å²) >= 11 is 0. The highest BCUT2D eigenvalue weighted by molar-refractivity contribution is 6.01. The molecule has 0 aromatic heterocycles. The zero-order valence-corrected chi connectivity index (χ0v) is 9.36. The van der Waals surface area contributed by atoms with Crippen molar-refractivity contribution in [3.8, 4) is 0 Å². The number of urea groups is 1. The number of amides is 4. The molecule has 1 N–H and O–H groups in total. The average Bonchev–Trinajstić information content (AvgIpc) is 2.45. The summed E-state index contributed by atoms with van der Waals surface area (Å²) in [5.74, 6) is -0.491. The standard InChI is InChI=1S/C9H15N3O4/c1-11-6-8(14)12(9(11)15)5-3-4-7(13)10-16-2/h3-6H2,1-2H3,(H,10,13). The molecule has 0 saturated carbocycles. The van der Waals surface area contributed by atoms with Gasteiger partial charge < -0.3 is 4.90 Å². The molecule has 0 spiro atoms. The number of hydroxylamine groups is 1. The largest absolute Gasteiger partial charge is 0.326 e. The molecule has 1 rings (SSSR count). The van der Waals surface area contributed by atoms with Crippen molar-refractivity contribution in [3.63, 3.8) is 0 Å². The predicted molar refractivity (Wildman–Crippen MR) is 54.1 cm³/mol. The van der Waals surface area contributed by atoms with Gasteiger partial charge >= 0.3 is 6.03 Å². The lowest BCUT2D eigenvalue weighted by atomic mass is 10.3. The van der Waals surface area contributed by atoms with Crippen molar-refractivity contribution in [1.29, 1.82) is 0 Å². The van der Waals surface area contributed by atoms with Crippen molar-refractivity contribution in [2.75, 3.05) is 27.2 Å². The van der Waals surface area contributed by atoms with Gasteiger partial charge in [-0.25, -0.2) is 10.3 Å². The number of nitrogens with one attached hydrogen (secondary N) is 1. The van der Waals surface area contributed by atoms with E-state index in [-0.39, 0.29) is 37.4 Å². The lowest BCUT2D eigenvalue weighted by Gasteiger charge is -2.13. The van der Waals surface area contributed by atoms with Gasteiger partial charge in [-0.1, -0.05) is 0 Å². The topological polar surface area (TPSA) is 79.0 Å². The summed E-state index contributed by atoms with van der Waals surface area (Å²) in [6.07, 6.45) is 0.648. The predicted octanol–water partition coefficient (Wildman–Crippen LogP) is -0.662. The third-order valence-electron chi connectivity index (χ3n) is 2.23. The molecule has 0 radical (unpaired) electrons. The van der Waals surface area contributed by atoms with Crippen LogP contribution >= 0.6 is 0 Å². The van der Waals surface area contributed by atoms with Gasteiger partial charge in [-0.15, -0.1) is 0 Å². The molecule has 0 unspecified atom stereocenters. The Morgan fingerprint density at radius 1 is 1.50 bits per heavy atom. The molecule has 1 fully saturated rings. The van der Waals surface area contributed by atoms with Crippen molar-refractivity contribution in [2.45, 2.75) is 12.8 Å². The van der Waals surface area contributed by atoms with Crippen molar-refractivity contribution in [2.24, 2.45) is 0 Å². The molecule has 1 aliphatic heterocycles. The molecule has 0 aromatic carbocycles. The molecule has 0 atom stereocenters. The second-order valence-electron chi connectivity index (χ2n) is 3.52. The van der Waals surface area contributed by atoms with E-state index in [1.807, 2.05) is 0 Å². The molecule has 7 heteroatoms. The van der Waals surface area contributed by atoms with Gasteiger partial charge in [0.15, 0.2) is 0 Å². The number of imide groups is 1.